The van der Waals surface area contributed by atoms with Gasteiger partial charge in [0.15, 0.2) is 6.10 Å². The lowest BCUT2D eigenvalue weighted by Gasteiger charge is -2.22. The minimum Gasteiger partial charge on any atom is -0.481 e. The van der Waals surface area contributed by atoms with E-state index in [-0.39, 0.29) is 11.8 Å². The van der Waals surface area contributed by atoms with E-state index in [2.05, 4.69) is 5.32 Å². The van der Waals surface area contributed by atoms with E-state index in [1.165, 1.54) is 5.56 Å². The van der Waals surface area contributed by atoms with Gasteiger partial charge in [0.2, 0.25) is 0 Å². The minimum absolute atomic E-state index is 0.0844. The summed E-state index contributed by atoms with van der Waals surface area (Å²) in [7, 11) is 0. The van der Waals surface area contributed by atoms with Crippen LogP contribution in [0, 0.1) is 0 Å². The molecule has 0 fully saturated rings. The number of fused-ring (bicyclic) bond motifs is 1. The van der Waals surface area contributed by atoms with Crippen LogP contribution < -0.4 is 15.0 Å². The number of nitrogens with one attached hydrogen (secondary N) is 1. The van der Waals surface area contributed by atoms with Crippen LogP contribution in [0.2, 0.25) is 0 Å². The summed E-state index contributed by atoms with van der Waals surface area (Å²) < 4.78 is 5.89. The monoisotopic (exact) mass is 400 g/mol. The number of carbonyl (C=O) groups is 2. The van der Waals surface area contributed by atoms with Gasteiger partial charge < -0.3 is 15.0 Å². The number of rotatable bonds is 6. The summed E-state index contributed by atoms with van der Waals surface area (Å²) in [5.41, 5.74) is 3.65. The van der Waals surface area contributed by atoms with Crippen LogP contribution in [0.15, 0.2) is 78.9 Å². The van der Waals surface area contributed by atoms with Gasteiger partial charge in [-0.1, -0.05) is 54.6 Å². The molecule has 0 saturated heterocycles. The van der Waals surface area contributed by atoms with Crippen molar-refractivity contribution in [3.05, 3.63) is 95.6 Å². The van der Waals surface area contributed by atoms with E-state index in [9.17, 15) is 9.59 Å². The smallest absolute Gasteiger partial charge is 0.267 e. The second-order valence-electron chi connectivity index (χ2n) is 7.32. The maximum atomic E-state index is 12.9. The van der Waals surface area contributed by atoms with E-state index in [1.807, 2.05) is 54.6 Å². The number of amides is 2. The van der Waals surface area contributed by atoms with Crippen LogP contribution in [0.4, 0.5) is 5.69 Å². The van der Waals surface area contributed by atoms with Crippen LogP contribution in [0.25, 0.3) is 0 Å². The number of ether oxygens (including phenoxy) is 1. The number of nitrogens with zero attached hydrogens (tertiary/aromatic N) is 1. The Bertz CT molecular complexity index is 1050. The fraction of sp³-hybridized carbons (Fsp3) is 0.200. The van der Waals surface area contributed by atoms with Gasteiger partial charge in [-0.05, 0) is 48.7 Å². The Balaban J connectivity index is 1.39. The zero-order valence-electron chi connectivity index (χ0n) is 16.9. The van der Waals surface area contributed by atoms with Gasteiger partial charge in [0, 0.05) is 24.3 Å². The van der Waals surface area contributed by atoms with Gasteiger partial charge in [-0.3, -0.25) is 9.59 Å². The average Bonchev–Trinajstić information content (AvgIpc) is 3.22. The van der Waals surface area contributed by atoms with E-state index in [4.69, 9.17) is 4.74 Å². The van der Waals surface area contributed by atoms with Gasteiger partial charge in [-0.2, -0.15) is 0 Å². The van der Waals surface area contributed by atoms with Crippen molar-refractivity contribution in [3.63, 3.8) is 0 Å². The number of anilines is 1. The summed E-state index contributed by atoms with van der Waals surface area (Å²) in [4.78, 5) is 27.2. The number of benzene rings is 3. The molecule has 3 aromatic rings. The van der Waals surface area contributed by atoms with Crippen LogP contribution in [-0.4, -0.2) is 24.5 Å². The third-order valence-corrected chi connectivity index (χ3v) is 5.21. The van der Waals surface area contributed by atoms with Crippen molar-refractivity contribution in [2.24, 2.45) is 0 Å². The minimum atomic E-state index is -0.654. The molecule has 0 spiro atoms. The summed E-state index contributed by atoms with van der Waals surface area (Å²) in [6.07, 6.45) is 0.199. The molecule has 4 rings (SSSR count). The summed E-state index contributed by atoms with van der Waals surface area (Å²) in [6, 6.07) is 24.6. The Morgan fingerprint density at radius 2 is 1.77 bits per heavy atom. The predicted octanol–water partition coefficient (Wildman–Crippen LogP) is 3.97. The van der Waals surface area contributed by atoms with E-state index in [0.717, 1.165) is 17.7 Å². The van der Waals surface area contributed by atoms with Crippen LogP contribution in [-0.2, 0) is 17.8 Å². The van der Waals surface area contributed by atoms with Crippen molar-refractivity contribution < 1.29 is 14.3 Å². The molecule has 1 aliphatic heterocycles. The molecule has 2 amide bonds. The SMILES string of the molecule is C[C@@H](Oc1cccc(C(=O)NCc2ccccc2)c1)C(=O)N1CCc2ccccc21. The highest BCUT2D eigenvalue weighted by atomic mass is 16.5. The molecule has 0 bridgehead atoms. The first-order valence-corrected chi connectivity index (χ1v) is 10.1. The van der Waals surface area contributed by atoms with Gasteiger partial charge in [0.25, 0.3) is 11.8 Å². The maximum Gasteiger partial charge on any atom is 0.267 e. The van der Waals surface area contributed by atoms with Gasteiger partial charge >= 0.3 is 0 Å². The summed E-state index contributed by atoms with van der Waals surface area (Å²) in [5, 5.41) is 2.90. The Morgan fingerprint density at radius 3 is 2.60 bits per heavy atom. The Labute approximate surface area is 176 Å². The van der Waals surface area contributed by atoms with Gasteiger partial charge in [0.05, 0.1) is 0 Å². The molecule has 0 unspecified atom stereocenters. The van der Waals surface area contributed by atoms with Gasteiger partial charge in [-0.25, -0.2) is 0 Å². The Kier molecular flexibility index (Phi) is 5.80. The van der Waals surface area contributed by atoms with Gasteiger partial charge in [0.1, 0.15) is 5.75 Å². The van der Waals surface area contributed by atoms with Crippen molar-refractivity contribution in [1.29, 1.82) is 0 Å². The number of hydrogen-bond donors (Lipinski definition) is 1. The number of hydrogen-bond acceptors (Lipinski definition) is 3. The van der Waals surface area contributed by atoms with E-state index >= 15 is 0 Å². The molecule has 1 N–H and O–H groups in total. The van der Waals surface area contributed by atoms with E-state index < -0.39 is 6.10 Å². The standard InChI is InChI=1S/C25H24N2O3/c1-18(25(29)27-15-14-20-10-5-6-13-23(20)27)30-22-12-7-11-21(16-22)24(28)26-17-19-8-3-2-4-9-19/h2-13,16,18H,14-15,17H2,1H3,(H,26,28)/t18-/m1/s1. The highest BCUT2D eigenvalue weighted by molar-refractivity contribution is 5.98. The average molecular weight is 400 g/mol. The molecule has 3 aromatic carbocycles. The second kappa shape index (κ2) is 8.82. The van der Waals surface area contributed by atoms with Crippen molar-refractivity contribution >= 4 is 17.5 Å². The van der Waals surface area contributed by atoms with Crippen LogP contribution >= 0.6 is 0 Å². The van der Waals surface area contributed by atoms with Crippen LogP contribution in [0.3, 0.4) is 0 Å². The molecule has 0 saturated carbocycles. The van der Waals surface area contributed by atoms with Crippen molar-refractivity contribution in [2.75, 3.05) is 11.4 Å². The Morgan fingerprint density at radius 1 is 1.00 bits per heavy atom. The summed E-state index contributed by atoms with van der Waals surface area (Å²) in [5.74, 6) is 0.228. The molecule has 152 valence electrons. The van der Waals surface area contributed by atoms with E-state index in [1.54, 1.807) is 36.1 Å². The lowest BCUT2D eigenvalue weighted by Crippen LogP contribution is -2.39. The molecular formula is C25H24N2O3. The first kappa shape index (κ1) is 19.7. The fourth-order valence-corrected chi connectivity index (χ4v) is 3.63. The molecule has 5 nitrogen and oxygen atoms in total. The molecule has 1 atom stereocenters. The van der Waals surface area contributed by atoms with Gasteiger partial charge in [-0.15, -0.1) is 0 Å². The lowest BCUT2D eigenvalue weighted by molar-refractivity contribution is -0.124. The van der Waals surface area contributed by atoms with Crippen LogP contribution in [0.5, 0.6) is 5.75 Å². The summed E-state index contributed by atoms with van der Waals surface area (Å²) >= 11 is 0. The van der Waals surface area contributed by atoms with Crippen molar-refractivity contribution in [1.82, 2.24) is 5.32 Å². The molecule has 5 heteroatoms. The molecule has 0 radical (unpaired) electrons. The second-order valence-corrected chi connectivity index (χ2v) is 7.32. The van der Waals surface area contributed by atoms with E-state index in [0.29, 0.717) is 24.4 Å². The zero-order valence-corrected chi connectivity index (χ0v) is 16.9. The topological polar surface area (TPSA) is 58.6 Å². The number of para-hydroxylation sites is 1. The molecular weight excluding hydrogens is 376 g/mol. The molecule has 30 heavy (non-hydrogen) atoms. The molecule has 1 aliphatic rings. The zero-order chi connectivity index (χ0) is 20.9. The fourth-order valence-electron chi connectivity index (χ4n) is 3.63. The Hall–Kier alpha value is -3.60. The first-order chi connectivity index (χ1) is 14.6. The molecule has 0 aliphatic carbocycles. The molecule has 1 heterocycles. The normalized spacial score (nSPS) is 13.4. The summed E-state index contributed by atoms with van der Waals surface area (Å²) in [6.45, 7) is 2.85. The lowest BCUT2D eigenvalue weighted by atomic mass is 10.1. The van der Waals surface area contributed by atoms with Crippen molar-refractivity contribution in [3.8, 4) is 5.75 Å². The van der Waals surface area contributed by atoms with Crippen LogP contribution in [0.1, 0.15) is 28.4 Å². The third kappa shape index (κ3) is 4.35. The molecule has 0 aromatic heterocycles. The largest absolute Gasteiger partial charge is 0.481 e. The third-order valence-electron chi connectivity index (χ3n) is 5.21. The highest BCUT2D eigenvalue weighted by Crippen LogP contribution is 2.28. The highest BCUT2D eigenvalue weighted by Gasteiger charge is 2.28. The maximum absolute atomic E-state index is 12.9. The number of carbonyl (C=O) groups excluding carboxylic acids is 2. The predicted molar refractivity (Wildman–Crippen MR) is 117 cm³/mol. The first-order valence-electron chi connectivity index (χ1n) is 10.1. The quantitative estimate of drug-likeness (QED) is 0.681. The van der Waals surface area contributed by atoms with Crippen molar-refractivity contribution in [2.45, 2.75) is 26.0 Å².